The van der Waals surface area contributed by atoms with Crippen LogP contribution in [-0.4, -0.2) is 18.0 Å². The van der Waals surface area contributed by atoms with Crippen LogP contribution < -0.4 is 15.6 Å². The molecule has 2 aromatic rings. The van der Waals surface area contributed by atoms with Gasteiger partial charge in [-0.05, 0) is 36.8 Å². The van der Waals surface area contributed by atoms with Gasteiger partial charge in [-0.15, -0.1) is 0 Å². The Morgan fingerprint density at radius 1 is 1.35 bits per heavy atom. The van der Waals surface area contributed by atoms with E-state index in [-0.39, 0.29) is 5.56 Å². The number of pyridine rings is 1. The Hall–Kier alpha value is -2.27. The van der Waals surface area contributed by atoms with Gasteiger partial charge in [0.05, 0.1) is 12.1 Å². The van der Waals surface area contributed by atoms with E-state index in [9.17, 15) is 9.59 Å². The fourth-order valence-electron chi connectivity index (χ4n) is 1.80. The maximum atomic E-state index is 12.1. The zero-order valence-electron chi connectivity index (χ0n) is 11.0. The van der Waals surface area contributed by atoms with Gasteiger partial charge in [0.15, 0.2) is 0 Å². The third kappa shape index (κ3) is 2.83. The van der Waals surface area contributed by atoms with Crippen LogP contribution in [0.1, 0.15) is 15.9 Å². The average Bonchev–Trinajstić information content (AvgIpc) is 2.38. The Balaban J connectivity index is 2.28. The second-order valence-corrected chi connectivity index (χ2v) is 4.58. The lowest BCUT2D eigenvalue weighted by Gasteiger charge is -2.08. The smallest absolute Gasteiger partial charge is 0.261 e. The van der Waals surface area contributed by atoms with E-state index >= 15 is 0 Å². The summed E-state index contributed by atoms with van der Waals surface area (Å²) in [6.07, 6.45) is 1.50. The lowest BCUT2D eigenvalue weighted by atomic mass is 10.1. The molecule has 2 N–H and O–H groups in total. The van der Waals surface area contributed by atoms with Gasteiger partial charge in [0.2, 0.25) is 0 Å². The van der Waals surface area contributed by atoms with Crippen molar-refractivity contribution in [2.24, 2.45) is 0 Å². The number of aromatic amines is 1. The molecular weight excluding hydrogens is 280 g/mol. The van der Waals surface area contributed by atoms with E-state index < -0.39 is 11.5 Å². The first-order valence-corrected chi connectivity index (χ1v) is 6.24. The second kappa shape index (κ2) is 5.79. The first kappa shape index (κ1) is 14.1. The number of halogens is 1. The number of hydrogen-bond acceptors (Lipinski definition) is 3. The number of carbonyl (C=O) groups excluding carboxylic acids is 1. The van der Waals surface area contributed by atoms with Crippen molar-refractivity contribution in [1.29, 1.82) is 0 Å². The molecule has 1 aromatic heterocycles. The number of benzene rings is 1. The van der Waals surface area contributed by atoms with Gasteiger partial charge in [0.25, 0.3) is 11.5 Å². The molecule has 0 bridgehead atoms. The minimum atomic E-state index is -0.481. The van der Waals surface area contributed by atoms with Crippen molar-refractivity contribution in [3.63, 3.8) is 0 Å². The van der Waals surface area contributed by atoms with Crippen molar-refractivity contribution in [3.05, 3.63) is 57.0 Å². The summed E-state index contributed by atoms with van der Waals surface area (Å²) in [5, 5.41) is 3.01. The SMILES string of the molecule is COc1ccc(NC(=O)c2c(C)cc[nH]c2=O)cc1Cl. The summed E-state index contributed by atoms with van der Waals surface area (Å²) in [6, 6.07) is 6.51. The van der Waals surface area contributed by atoms with Crippen molar-refractivity contribution in [1.82, 2.24) is 4.98 Å². The highest BCUT2D eigenvalue weighted by atomic mass is 35.5. The van der Waals surface area contributed by atoms with Gasteiger partial charge < -0.3 is 15.0 Å². The molecule has 0 fully saturated rings. The van der Waals surface area contributed by atoms with Crippen LogP contribution in [0.3, 0.4) is 0 Å². The van der Waals surface area contributed by atoms with Crippen LogP contribution in [-0.2, 0) is 0 Å². The third-order valence-electron chi connectivity index (χ3n) is 2.81. The van der Waals surface area contributed by atoms with Gasteiger partial charge in [0.1, 0.15) is 11.3 Å². The van der Waals surface area contributed by atoms with Crippen molar-refractivity contribution in [3.8, 4) is 5.75 Å². The summed E-state index contributed by atoms with van der Waals surface area (Å²) in [4.78, 5) is 26.3. The molecule has 0 saturated carbocycles. The zero-order valence-corrected chi connectivity index (χ0v) is 11.7. The van der Waals surface area contributed by atoms with Gasteiger partial charge in [0, 0.05) is 11.9 Å². The standard InChI is InChI=1S/C14H13ClN2O3/c1-8-5-6-16-13(18)12(8)14(19)17-9-3-4-11(20-2)10(15)7-9/h3-7H,1-2H3,(H,16,18)(H,17,19). The predicted molar refractivity (Wildman–Crippen MR) is 77.8 cm³/mol. The van der Waals surface area contributed by atoms with Crippen molar-refractivity contribution in [2.75, 3.05) is 12.4 Å². The maximum absolute atomic E-state index is 12.1. The van der Waals surface area contributed by atoms with E-state index in [0.29, 0.717) is 22.0 Å². The van der Waals surface area contributed by atoms with E-state index in [0.717, 1.165) is 0 Å². The fourth-order valence-corrected chi connectivity index (χ4v) is 2.05. The number of methoxy groups -OCH3 is 1. The topological polar surface area (TPSA) is 71.2 Å². The molecule has 6 heteroatoms. The summed E-state index contributed by atoms with van der Waals surface area (Å²) in [7, 11) is 1.51. The molecule has 0 saturated heterocycles. The zero-order chi connectivity index (χ0) is 14.7. The monoisotopic (exact) mass is 292 g/mol. The number of nitrogens with one attached hydrogen (secondary N) is 2. The quantitative estimate of drug-likeness (QED) is 0.913. The summed E-state index contributed by atoms with van der Waals surface area (Å²) in [5.74, 6) is 0.0315. The Morgan fingerprint density at radius 3 is 2.70 bits per heavy atom. The largest absolute Gasteiger partial charge is 0.495 e. The van der Waals surface area contributed by atoms with E-state index in [1.165, 1.54) is 13.3 Å². The van der Waals surface area contributed by atoms with Crippen LogP contribution >= 0.6 is 11.6 Å². The Kier molecular flexibility index (Phi) is 4.10. The molecule has 1 amide bonds. The van der Waals surface area contributed by atoms with Gasteiger partial charge in [-0.2, -0.15) is 0 Å². The molecule has 20 heavy (non-hydrogen) atoms. The number of H-pyrrole nitrogens is 1. The molecule has 0 atom stereocenters. The molecule has 0 unspecified atom stereocenters. The first-order chi connectivity index (χ1) is 9.52. The fraction of sp³-hybridized carbons (Fsp3) is 0.143. The van der Waals surface area contributed by atoms with Gasteiger partial charge in [-0.1, -0.05) is 11.6 Å². The molecule has 104 valence electrons. The number of hydrogen-bond donors (Lipinski definition) is 2. The lowest BCUT2D eigenvalue weighted by molar-refractivity contribution is 0.102. The van der Waals surface area contributed by atoms with Gasteiger partial charge >= 0.3 is 0 Å². The normalized spacial score (nSPS) is 10.2. The number of amides is 1. The van der Waals surface area contributed by atoms with E-state index in [2.05, 4.69) is 10.3 Å². The second-order valence-electron chi connectivity index (χ2n) is 4.17. The molecule has 0 aliphatic carbocycles. The molecule has 0 aliphatic rings. The highest BCUT2D eigenvalue weighted by Gasteiger charge is 2.14. The van der Waals surface area contributed by atoms with Gasteiger partial charge in [-0.3, -0.25) is 9.59 Å². The highest BCUT2D eigenvalue weighted by Crippen LogP contribution is 2.27. The van der Waals surface area contributed by atoms with Crippen LogP contribution in [0.2, 0.25) is 5.02 Å². The number of rotatable bonds is 3. The molecule has 0 radical (unpaired) electrons. The molecule has 1 heterocycles. The number of carbonyl (C=O) groups is 1. The highest BCUT2D eigenvalue weighted by molar-refractivity contribution is 6.32. The van der Waals surface area contributed by atoms with Gasteiger partial charge in [-0.25, -0.2) is 0 Å². The maximum Gasteiger partial charge on any atom is 0.261 e. The first-order valence-electron chi connectivity index (χ1n) is 5.86. The third-order valence-corrected chi connectivity index (χ3v) is 3.10. The molecule has 5 nitrogen and oxygen atoms in total. The van der Waals surface area contributed by atoms with Crippen LogP contribution in [0.4, 0.5) is 5.69 Å². The van der Waals surface area contributed by atoms with Crippen molar-refractivity contribution >= 4 is 23.2 Å². The summed E-state index contributed by atoms with van der Waals surface area (Å²) in [6.45, 7) is 1.70. The Morgan fingerprint density at radius 2 is 2.10 bits per heavy atom. The summed E-state index contributed by atoms with van der Waals surface area (Å²) in [5.41, 5.74) is 0.746. The minimum Gasteiger partial charge on any atom is -0.495 e. The Labute approximate surface area is 120 Å². The number of ether oxygens (including phenoxy) is 1. The van der Waals surface area contributed by atoms with Crippen LogP contribution in [0, 0.1) is 6.92 Å². The molecule has 1 aromatic carbocycles. The van der Waals surface area contributed by atoms with Crippen LogP contribution in [0.15, 0.2) is 35.3 Å². The summed E-state index contributed by atoms with van der Waals surface area (Å²) >= 11 is 5.98. The van der Waals surface area contributed by atoms with E-state index in [1.54, 1.807) is 31.2 Å². The van der Waals surface area contributed by atoms with Crippen molar-refractivity contribution < 1.29 is 9.53 Å². The van der Waals surface area contributed by atoms with Crippen LogP contribution in [0.25, 0.3) is 0 Å². The lowest BCUT2D eigenvalue weighted by Crippen LogP contribution is -2.24. The van der Waals surface area contributed by atoms with E-state index in [4.69, 9.17) is 16.3 Å². The molecule has 2 rings (SSSR count). The molecule has 0 aliphatic heterocycles. The van der Waals surface area contributed by atoms with Crippen LogP contribution in [0.5, 0.6) is 5.75 Å². The number of aromatic nitrogens is 1. The van der Waals surface area contributed by atoms with Crippen molar-refractivity contribution in [2.45, 2.75) is 6.92 Å². The molecular formula is C14H13ClN2O3. The molecule has 0 spiro atoms. The minimum absolute atomic E-state index is 0.0828. The Bertz CT molecular complexity index is 710. The van der Waals surface area contributed by atoms with E-state index in [1.807, 2.05) is 0 Å². The predicted octanol–water partition coefficient (Wildman–Crippen LogP) is 2.60. The number of aryl methyl sites for hydroxylation is 1. The average molecular weight is 293 g/mol. The summed E-state index contributed by atoms with van der Waals surface area (Å²) < 4.78 is 5.03. The number of anilines is 1.